The molecule has 0 spiro atoms. The number of nitrogens with one attached hydrogen (secondary N) is 1. The molecule has 0 saturated heterocycles. The van der Waals surface area contributed by atoms with E-state index in [1.807, 2.05) is 13.0 Å². The highest BCUT2D eigenvalue weighted by Crippen LogP contribution is 2.29. The van der Waals surface area contributed by atoms with Gasteiger partial charge in [-0.25, -0.2) is 0 Å². The Morgan fingerprint density at radius 3 is 2.68 bits per heavy atom. The van der Waals surface area contributed by atoms with Gasteiger partial charge in [0.1, 0.15) is 0 Å². The molecule has 2 aromatic rings. The van der Waals surface area contributed by atoms with Gasteiger partial charge in [0, 0.05) is 41.0 Å². The lowest BCUT2D eigenvalue weighted by Gasteiger charge is -2.28. The lowest BCUT2D eigenvalue weighted by atomic mass is 9.91. The Kier molecular flexibility index (Phi) is 3.94. The van der Waals surface area contributed by atoms with Crippen LogP contribution < -0.4 is 11.1 Å². The third-order valence-electron chi connectivity index (χ3n) is 4.26. The minimum Gasteiger partial charge on any atom is -0.382 e. The molecule has 1 saturated carbocycles. The molecule has 22 heavy (non-hydrogen) atoms. The summed E-state index contributed by atoms with van der Waals surface area (Å²) < 4.78 is 0. The summed E-state index contributed by atoms with van der Waals surface area (Å²) in [7, 11) is 0. The van der Waals surface area contributed by atoms with Crippen molar-refractivity contribution in [3.63, 3.8) is 0 Å². The summed E-state index contributed by atoms with van der Waals surface area (Å²) in [6, 6.07) is 7.43. The first-order valence-corrected chi connectivity index (χ1v) is 7.61. The summed E-state index contributed by atoms with van der Waals surface area (Å²) >= 11 is 0. The maximum Gasteiger partial charge on any atom is 0.270 e. The summed E-state index contributed by atoms with van der Waals surface area (Å²) in [5.41, 5.74) is 8.64. The zero-order chi connectivity index (χ0) is 15.7. The van der Waals surface area contributed by atoms with Crippen molar-refractivity contribution in [2.75, 3.05) is 5.32 Å². The van der Waals surface area contributed by atoms with Crippen LogP contribution in [-0.2, 0) is 0 Å². The highest BCUT2D eigenvalue weighted by atomic mass is 16.6. The monoisotopic (exact) mass is 300 g/mol. The van der Waals surface area contributed by atoms with Crippen LogP contribution in [0.5, 0.6) is 0 Å². The maximum absolute atomic E-state index is 11.0. The molecule has 3 N–H and O–H groups in total. The zero-order valence-electron chi connectivity index (χ0n) is 12.6. The zero-order valence-corrected chi connectivity index (χ0v) is 12.6. The van der Waals surface area contributed by atoms with Crippen LogP contribution in [0.2, 0.25) is 0 Å². The molecule has 0 amide bonds. The molecule has 3 rings (SSSR count). The third kappa shape index (κ3) is 3.01. The van der Waals surface area contributed by atoms with Crippen molar-refractivity contribution in [2.45, 2.75) is 44.7 Å². The van der Waals surface area contributed by atoms with Gasteiger partial charge in [0.15, 0.2) is 0 Å². The van der Waals surface area contributed by atoms with Crippen molar-refractivity contribution in [1.29, 1.82) is 0 Å². The molecule has 1 aliphatic carbocycles. The number of aryl methyl sites for hydroxylation is 1. The number of fused-ring (bicyclic) bond motifs is 1. The van der Waals surface area contributed by atoms with Crippen molar-refractivity contribution in [3.8, 4) is 0 Å². The fourth-order valence-electron chi connectivity index (χ4n) is 3.06. The van der Waals surface area contributed by atoms with Crippen LogP contribution in [0.15, 0.2) is 24.3 Å². The van der Waals surface area contributed by atoms with E-state index >= 15 is 0 Å². The van der Waals surface area contributed by atoms with E-state index in [2.05, 4.69) is 10.3 Å². The molecule has 1 fully saturated rings. The average molecular weight is 300 g/mol. The number of anilines is 1. The number of aromatic nitrogens is 1. The van der Waals surface area contributed by atoms with Crippen molar-refractivity contribution in [2.24, 2.45) is 5.73 Å². The number of non-ortho nitro benzene ring substituents is 1. The molecule has 6 heteroatoms. The molecular weight excluding hydrogens is 280 g/mol. The molecule has 0 unspecified atom stereocenters. The van der Waals surface area contributed by atoms with Gasteiger partial charge in [0.25, 0.3) is 5.69 Å². The van der Waals surface area contributed by atoms with Crippen LogP contribution in [0.3, 0.4) is 0 Å². The van der Waals surface area contributed by atoms with Crippen LogP contribution in [0.4, 0.5) is 11.4 Å². The second-order valence-corrected chi connectivity index (χ2v) is 6.03. The number of hydrogen-bond donors (Lipinski definition) is 2. The molecule has 1 aliphatic rings. The first-order chi connectivity index (χ1) is 10.5. The Bertz CT molecular complexity index is 709. The van der Waals surface area contributed by atoms with Gasteiger partial charge in [-0.3, -0.25) is 15.1 Å². The normalized spacial score (nSPS) is 21.7. The Hall–Kier alpha value is -2.21. The maximum atomic E-state index is 11.0. The Labute approximate surface area is 128 Å². The first kappa shape index (κ1) is 14.7. The molecule has 0 radical (unpaired) electrons. The molecule has 0 aliphatic heterocycles. The fraction of sp³-hybridized carbons (Fsp3) is 0.438. The fourth-order valence-corrected chi connectivity index (χ4v) is 3.06. The van der Waals surface area contributed by atoms with Crippen LogP contribution in [0.1, 0.15) is 31.4 Å². The minimum absolute atomic E-state index is 0.0897. The third-order valence-corrected chi connectivity index (χ3v) is 4.26. The molecule has 0 atom stereocenters. The molecular formula is C16H20N4O2. The molecule has 0 bridgehead atoms. The predicted octanol–water partition coefficient (Wildman–Crippen LogP) is 3.13. The molecule has 1 heterocycles. The highest BCUT2D eigenvalue weighted by molar-refractivity contribution is 5.93. The van der Waals surface area contributed by atoms with Crippen LogP contribution in [-0.4, -0.2) is 22.0 Å². The molecule has 1 aromatic heterocycles. The SMILES string of the molecule is Cc1cc(NC2CCC(N)CC2)c2cc([N+](=O)[O-])ccc2n1. The number of benzene rings is 1. The summed E-state index contributed by atoms with van der Waals surface area (Å²) in [5.74, 6) is 0. The largest absolute Gasteiger partial charge is 0.382 e. The van der Waals surface area contributed by atoms with Crippen molar-refractivity contribution in [3.05, 3.63) is 40.1 Å². The van der Waals surface area contributed by atoms with E-state index < -0.39 is 0 Å². The minimum atomic E-state index is -0.372. The number of rotatable bonds is 3. The van der Waals surface area contributed by atoms with E-state index in [0.29, 0.717) is 12.1 Å². The van der Waals surface area contributed by atoms with E-state index in [1.165, 1.54) is 6.07 Å². The second-order valence-electron chi connectivity index (χ2n) is 6.03. The number of hydrogen-bond acceptors (Lipinski definition) is 5. The Morgan fingerprint density at radius 1 is 1.27 bits per heavy atom. The van der Waals surface area contributed by atoms with Gasteiger partial charge >= 0.3 is 0 Å². The summed E-state index contributed by atoms with van der Waals surface area (Å²) in [6.07, 6.45) is 4.08. The van der Waals surface area contributed by atoms with Gasteiger partial charge in [-0.15, -0.1) is 0 Å². The smallest absolute Gasteiger partial charge is 0.270 e. The van der Waals surface area contributed by atoms with Gasteiger partial charge in [0.2, 0.25) is 0 Å². The number of nitro groups is 1. The van der Waals surface area contributed by atoms with Gasteiger partial charge in [0.05, 0.1) is 10.4 Å². The summed E-state index contributed by atoms with van der Waals surface area (Å²) in [6.45, 7) is 1.93. The topological polar surface area (TPSA) is 94.1 Å². The van der Waals surface area contributed by atoms with Gasteiger partial charge in [-0.2, -0.15) is 0 Å². The molecule has 1 aromatic carbocycles. The predicted molar refractivity (Wildman–Crippen MR) is 87.0 cm³/mol. The van der Waals surface area contributed by atoms with E-state index in [9.17, 15) is 10.1 Å². The number of nitro benzene ring substituents is 1. The number of nitrogens with zero attached hydrogens (tertiary/aromatic N) is 2. The van der Waals surface area contributed by atoms with E-state index in [0.717, 1.165) is 48.0 Å². The Balaban J connectivity index is 1.96. The van der Waals surface area contributed by atoms with E-state index in [-0.39, 0.29) is 10.6 Å². The number of nitrogens with two attached hydrogens (primary N) is 1. The van der Waals surface area contributed by atoms with Crippen molar-refractivity contribution in [1.82, 2.24) is 4.98 Å². The van der Waals surface area contributed by atoms with E-state index in [1.54, 1.807) is 12.1 Å². The van der Waals surface area contributed by atoms with E-state index in [4.69, 9.17) is 5.73 Å². The van der Waals surface area contributed by atoms with Crippen molar-refractivity contribution < 1.29 is 4.92 Å². The van der Waals surface area contributed by atoms with Crippen LogP contribution in [0.25, 0.3) is 10.9 Å². The van der Waals surface area contributed by atoms with Gasteiger partial charge < -0.3 is 11.1 Å². The quantitative estimate of drug-likeness (QED) is 0.671. The lowest BCUT2D eigenvalue weighted by Crippen LogP contribution is -2.32. The van der Waals surface area contributed by atoms with Crippen LogP contribution >= 0.6 is 0 Å². The first-order valence-electron chi connectivity index (χ1n) is 7.61. The van der Waals surface area contributed by atoms with Crippen LogP contribution in [0, 0.1) is 17.0 Å². The standard InChI is InChI=1S/C16H20N4O2/c1-10-8-16(19-12-4-2-11(17)3-5-12)14-9-13(20(21)22)6-7-15(14)18-10/h6-9,11-12H,2-5,17H2,1H3,(H,18,19). The number of pyridine rings is 1. The average Bonchev–Trinajstić information content (AvgIpc) is 2.49. The molecule has 6 nitrogen and oxygen atoms in total. The summed E-state index contributed by atoms with van der Waals surface area (Å²) in [4.78, 5) is 15.1. The van der Waals surface area contributed by atoms with Crippen molar-refractivity contribution >= 4 is 22.3 Å². The highest BCUT2D eigenvalue weighted by Gasteiger charge is 2.19. The Morgan fingerprint density at radius 2 is 2.00 bits per heavy atom. The summed E-state index contributed by atoms with van der Waals surface area (Å²) in [5, 5.41) is 15.3. The van der Waals surface area contributed by atoms with Gasteiger partial charge in [-0.1, -0.05) is 0 Å². The lowest BCUT2D eigenvalue weighted by molar-refractivity contribution is -0.384. The van der Waals surface area contributed by atoms with Gasteiger partial charge in [-0.05, 0) is 44.7 Å². The second kappa shape index (κ2) is 5.88. The molecule has 116 valence electrons.